The van der Waals surface area contributed by atoms with E-state index in [9.17, 15) is 0 Å². The molecule has 0 aromatic heterocycles. The van der Waals surface area contributed by atoms with Crippen LogP contribution in [0.4, 0.5) is 0 Å². The summed E-state index contributed by atoms with van der Waals surface area (Å²) in [6.07, 6.45) is 3.39. The van der Waals surface area contributed by atoms with Crippen LogP contribution in [0.1, 0.15) is 33.1 Å². The average molecular weight is 128 g/mol. The van der Waals surface area contributed by atoms with Gasteiger partial charge in [0.15, 0.2) is 0 Å². The molecule has 0 aliphatic heterocycles. The Labute approximate surface area is 57.1 Å². The minimum Gasteiger partial charge on any atom is -0.393 e. The van der Waals surface area contributed by atoms with Crippen molar-refractivity contribution in [3.63, 3.8) is 0 Å². The molecule has 54 valence electrons. The molecule has 0 heterocycles. The fourth-order valence-corrected chi connectivity index (χ4v) is 1.43. The van der Waals surface area contributed by atoms with Crippen LogP contribution in [0.15, 0.2) is 0 Å². The lowest BCUT2D eigenvalue weighted by molar-refractivity contribution is 0.0173. The lowest BCUT2D eigenvalue weighted by atomic mass is 9.74. The molecule has 0 amide bonds. The maximum Gasteiger partial charge on any atom is 0.0545 e. The number of aliphatic hydroxyl groups is 1. The Kier molecular flexibility index (Phi) is 2.12. The lowest BCUT2D eigenvalue weighted by Crippen LogP contribution is -2.32. The summed E-state index contributed by atoms with van der Waals surface area (Å²) in [6, 6.07) is 0. The summed E-state index contributed by atoms with van der Waals surface area (Å²) < 4.78 is 0. The van der Waals surface area contributed by atoms with Crippen molar-refractivity contribution in [3.05, 3.63) is 0 Å². The molecule has 0 saturated heterocycles. The highest BCUT2D eigenvalue weighted by atomic mass is 16.3. The quantitative estimate of drug-likeness (QED) is 0.601. The molecule has 1 rings (SSSR count). The summed E-state index contributed by atoms with van der Waals surface area (Å²) in [5.74, 6) is 1.65. The van der Waals surface area contributed by atoms with E-state index in [0.29, 0.717) is 0 Å². The van der Waals surface area contributed by atoms with Gasteiger partial charge in [-0.1, -0.05) is 20.3 Å². The minimum absolute atomic E-state index is 0.0315. The molecule has 0 spiro atoms. The summed E-state index contributed by atoms with van der Waals surface area (Å²) in [5, 5.41) is 8.96. The molecule has 1 heteroatoms. The largest absolute Gasteiger partial charge is 0.393 e. The fraction of sp³-hybridized carbons (Fsp3) is 1.00. The molecule has 1 aliphatic carbocycles. The number of hydrogen-bond acceptors (Lipinski definition) is 1. The molecule has 1 nitrogen and oxygen atoms in total. The molecule has 0 bridgehead atoms. The highest BCUT2D eigenvalue weighted by molar-refractivity contribution is 4.81. The van der Waals surface area contributed by atoms with Crippen LogP contribution in [0.5, 0.6) is 0 Å². The first-order chi connectivity index (χ1) is 4.24. The van der Waals surface area contributed by atoms with Crippen molar-refractivity contribution in [3.8, 4) is 0 Å². The van der Waals surface area contributed by atoms with Crippen LogP contribution in [0, 0.1) is 11.8 Å². The Balaban J connectivity index is 2.15. The van der Waals surface area contributed by atoms with Gasteiger partial charge in [0.25, 0.3) is 0 Å². The van der Waals surface area contributed by atoms with Crippen molar-refractivity contribution in [1.29, 1.82) is 0 Å². The summed E-state index contributed by atoms with van der Waals surface area (Å²) in [6.45, 7) is 4.49. The van der Waals surface area contributed by atoms with Gasteiger partial charge in [0.05, 0.1) is 6.10 Å². The monoisotopic (exact) mass is 128 g/mol. The van der Waals surface area contributed by atoms with Crippen LogP contribution in [-0.4, -0.2) is 11.2 Å². The highest BCUT2D eigenvalue weighted by Gasteiger charge is 2.30. The zero-order chi connectivity index (χ0) is 6.85. The van der Waals surface area contributed by atoms with Crippen molar-refractivity contribution in [2.75, 3.05) is 0 Å². The molecule has 1 fully saturated rings. The van der Waals surface area contributed by atoms with E-state index >= 15 is 0 Å². The van der Waals surface area contributed by atoms with Gasteiger partial charge in [-0.15, -0.1) is 0 Å². The van der Waals surface area contributed by atoms with Gasteiger partial charge in [-0.05, 0) is 24.7 Å². The first kappa shape index (κ1) is 7.07. The molecule has 0 radical (unpaired) electrons. The Morgan fingerprint density at radius 1 is 1.56 bits per heavy atom. The molecule has 0 aromatic rings. The Morgan fingerprint density at radius 2 is 2.11 bits per heavy atom. The number of aliphatic hydroxyl groups excluding tert-OH is 1. The highest BCUT2D eigenvalue weighted by Crippen LogP contribution is 2.34. The average Bonchev–Trinajstić information content (AvgIpc) is 1.79. The molecule has 9 heavy (non-hydrogen) atoms. The maximum atomic E-state index is 8.96. The summed E-state index contributed by atoms with van der Waals surface area (Å²) in [7, 11) is 0. The molecule has 1 N–H and O–H groups in total. The van der Waals surface area contributed by atoms with E-state index in [4.69, 9.17) is 5.11 Å². The minimum atomic E-state index is 0.0315. The molecular weight excluding hydrogens is 112 g/mol. The van der Waals surface area contributed by atoms with Crippen LogP contribution in [0.2, 0.25) is 0 Å². The molecular formula is C8H16O. The van der Waals surface area contributed by atoms with E-state index in [1.165, 1.54) is 6.42 Å². The second-order valence-electron chi connectivity index (χ2n) is 3.27. The normalized spacial score (nSPS) is 37.7. The smallest absolute Gasteiger partial charge is 0.0545 e. The van der Waals surface area contributed by atoms with E-state index < -0.39 is 0 Å². The fourth-order valence-electron chi connectivity index (χ4n) is 1.43. The first-order valence-electron chi connectivity index (χ1n) is 3.92. The van der Waals surface area contributed by atoms with Gasteiger partial charge < -0.3 is 5.11 Å². The third kappa shape index (κ3) is 1.45. The van der Waals surface area contributed by atoms with Crippen LogP contribution in [-0.2, 0) is 0 Å². The van der Waals surface area contributed by atoms with Gasteiger partial charge in [-0.2, -0.15) is 0 Å². The van der Waals surface area contributed by atoms with E-state index in [1.807, 2.05) is 0 Å². The summed E-state index contributed by atoms with van der Waals surface area (Å²) >= 11 is 0. The zero-order valence-electron chi connectivity index (χ0n) is 6.30. The van der Waals surface area contributed by atoms with Crippen molar-refractivity contribution in [2.24, 2.45) is 11.8 Å². The van der Waals surface area contributed by atoms with Crippen LogP contribution >= 0.6 is 0 Å². The van der Waals surface area contributed by atoms with Crippen molar-refractivity contribution in [1.82, 2.24) is 0 Å². The number of rotatable bonds is 2. The Bertz CT molecular complexity index is 84.6. The standard InChI is InChI=1S/C8H16O/c1-3-6(2)7-4-8(9)5-7/h6-9H,3-5H2,1-2H3. The molecule has 1 unspecified atom stereocenters. The van der Waals surface area contributed by atoms with Crippen molar-refractivity contribution >= 4 is 0 Å². The van der Waals surface area contributed by atoms with Gasteiger partial charge in [-0.3, -0.25) is 0 Å². The maximum absolute atomic E-state index is 8.96. The Hall–Kier alpha value is -0.0400. The van der Waals surface area contributed by atoms with E-state index in [-0.39, 0.29) is 6.10 Å². The van der Waals surface area contributed by atoms with Crippen molar-refractivity contribution < 1.29 is 5.11 Å². The first-order valence-corrected chi connectivity index (χ1v) is 3.92. The van der Waals surface area contributed by atoms with E-state index in [1.54, 1.807) is 0 Å². The van der Waals surface area contributed by atoms with Gasteiger partial charge in [0.2, 0.25) is 0 Å². The summed E-state index contributed by atoms with van der Waals surface area (Å²) in [5.41, 5.74) is 0. The number of hydrogen-bond donors (Lipinski definition) is 1. The second-order valence-corrected chi connectivity index (χ2v) is 3.27. The Morgan fingerprint density at radius 3 is 2.44 bits per heavy atom. The SMILES string of the molecule is CCC(C)C1CC(O)C1. The van der Waals surface area contributed by atoms with E-state index in [0.717, 1.165) is 24.7 Å². The molecule has 1 aliphatic rings. The van der Waals surface area contributed by atoms with Gasteiger partial charge >= 0.3 is 0 Å². The predicted octanol–water partition coefficient (Wildman–Crippen LogP) is 1.80. The third-order valence-electron chi connectivity index (χ3n) is 2.60. The second kappa shape index (κ2) is 2.70. The molecule has 0 aromatic carbocycles. The van der Waals surface area contributed by atoms with Crippen LogP contribution < -0.4 is 0 Å². The van der Waals surface area contributed by atoms with Crippen LogP contribution in [0.25, 0.3) is 0 Å². The summed E-state index contributed by atoms with van der Waals surface area (Å²) in [4.78, 5) is 0. The van der Waals surface area contributed by atoms with Gasteiger partial charge in [-0.25, -0.2) is 0 Å². The van der Waals surface area contributed by atoms with Gasteiger partial charge in [0.1, 0.15) is 0 Å². The van der Waals surface area contributed by atoms with Crippen LogP contribution in [0.3, 0.4) is 0 Å². The molecule has 1 saturated carbocycles. The molecule has 1 atom stereocenters. The zero-order valence-corrected chi connectivity index (χ0v) is 6.30. The third-order valence-corrected chi connectivity index (χ3v) is 2.60. The lowest BCUT2D eigenvalue weighted by Gasteiger charge is -2.35. The van der Waals surface area contributed by atoms with E-state index in [2.05, 4.69) is 13.8 Å². The van der Waals surface area contributed by atoms with Crippen molar-refractivity contribution in [2.45, 2.75) is 39.2 Å². The topological polar surface area (TPSA) is 20.2 Å². The van der Waals surface area contributed by atoms with Gasteiger partial charge in [0, 0.05) is 0 Å². The predicted molar refractivity (Wildman–Crippen MR) is 38.2 cm³/mol.